The van der Waals surface area contributed by atoms with Crippen molar-refractivity contribution in [2.24, 2.45) is 0 Å². The Morgan fingerprint density at radius 3 is 2.50 bits per heavy atom. The molecule has 0 saturated heterocycles. The van der Waals surface area contributed by atoms with E-state index in [0.29, 0.717) is 18.1 Å². The average Bonchev–Trinajstić information content (AvgIpc) is 2.40. The minimum absolute atomic E-state index is 0. The van der Waals surface area contributed by atoms with Gasteiger partial charge in [0.15, 0.2) is 11.5 Å². The maximum atomic E-state index is 8.83. The monoisotopic (exact) mass is 367 g/mol. The fourth-order valence-corrected chi connectivity index (χ4v) is 2.11. The second-order valence-electron chi connectivity index (χ2n) is 4.07. The van der Waals surface area contributed by atoms with Crippen molar-refractivity contribution in [3.8, 4) is 11.5 Å². The lowest BCUT2D eigenvalue weighted by atomic mass is 10.2. The molecule has 0 spiro atoms. The Bertz CT molecular complexity index is 391. The molecule has 1 aromatic carbocycles. The summed E-state index contributed by atoms with van der Waals surface area (Å²) < 4.78 is 12.0. The summed E-state index contributed by atoms with van der Waals surface area (Å²) in [6.45, 7) is 6.68. The van der Waals surface area contributed by atoms with Gasteiger partial charge in [0, 0.05) is 11.0 Å². The Kier molecular flexibility index (Phi) is 10.9. The quantitative estimate of drug-likeness (QED) is 0.658. The first-order valence-corrected chi connectivity index (χ1v) is 7.41. The molecule has 0 saturated carbocycles. The van der Waals surface area contributed by atoms with E-state index in [0.717, 1.165) is 29.5 Å². The van der Waals surface area contributed by atoms with Gasteiger partial charge >= 0.3 is 0 Å². The number of aliphatic hydroxyl groups is 1. The maximum absolute atomic E-state index is 8.83. The first-order valence-electron chi connectivity index (χ1n) is 6.62. The lowest BCUT2D eigenvalue weighted by Gasteiger charge is -2.15. The lowest BCUT2D eigenvalue weighted by molar-refractivity contribution is 0.194. The number of hydrogen-bond acceptors (Lipinski definition) is 4. The molecule has 2 N–H and O–H groups in total. The van der Waals surface area contributed by atoms with Crippen LogP contribution in [0.1, 0.15) is 25.8 Å². The molecule has 6 heteroatoms. The predicted octanol–water partition coefficient (Wildman–Crippen LogP) is 3.14. The number of nitrogens with one attached hydrogen (secondary N) is 1. The number of halogens is 2. The summed E-state index contributed by atoms with van der Waals surface area (Å²) in [5.41, 5.74) is 1.13. The van der Waals surface area contributed by atoms with Gasteiger partial charge in [-0.1, -0.05) is 22.9 Å². The van der Waals surface area contributed by atoms with Crippen molar-refractivity contribution < 1.29 is 14.6 Å². The van der Waals surface area contributed by atoms with Crippen molar-refractivity contribution in [3.05, 3.63) is 22.2 Å². The molecule has 4 nitrogen and oxygen atoms in total. The zero-order chi connectivity index (χ0) is 14.1. The van der Waals surface area contributed by atoms with Crippen LogP contribution in [0.5, 0.6) is 11.5 Å². The van der Waals surface area contributed by atoms with Crippen LogP contribution in [0.4, 0.5) is 0 Å². The molecule has 0 aliphatic carbocycles. The van der Waals surface area contributed by atoms with Crippen LogP contribution in [0.25, 0.3) is 0 Å². The Labute approximate surface area is 135 Å². The molecule has 116 valence electrons. The Morgan fingerprint density at radius 2 is 1.90 bits per heavy atom. The Hall–Kier alpha value is -0.490. The minimum atomic E-state index is -0.0109. The van der Waals surface area contributed by atoms with Crippen LogP contribution in [0.15, 0.2) is 16.6 Å². The van der Waals surface area contributed by atoms with E-state index in [-0.39, 0.29) is 25.6 Å². The fourth-order valence-electron chi connectivity index (χ4n) is 1.65. The average molecular weight is 369 g/mol. The van der Waals surface area contributed by atoms with Gasteiger partial charge in [-0.05, 0) is 37.6 Å². The molecule has 0 aliphatic rings. The van der Waals surface area contributed by atoms with Gasteiger partial charge in [-0.25, -0.2) is 0 Å². The first kappa shape index (κ1) is 19.5. The van der Waals surface area contributed by atoms with Crippen molar-refractivity contribution in [2.45, 2.75) is 26.8 Å². The second kappa shape index (κ2) is 11.2. The second-order valence-corrected chi connectivity index (χ2v) is 4.93. The molecule has 0 atom stereocenters. The van der Waals surface area contributed by atoms with Crippen LogP contribution in [-0.4, -0.2) is 31.5 Å². The van der Waals surface area contributed by atoms with Crippen LogP contribution >= 0.6 is 28.3 Å². The van der Waals surface area contributed by atoms with Crippen molar-refractivity contribution in [3.63, 3.8) is 0 Å². The highest BCUT2D eigenvalue weighted by Crippen LogP contribution is 2.33. The fraction of sp³-hybridized carbons (Fsp3) is 0.571. The molecular formula is C14H23BrClNO3. The topological polar surface area (TPSA) is 50.7 Å². The van der Waals surface area contributed by atoms with Gasteiger partial charge < -0.3 is 19.9 Å². The number of ether oxygens (including phenoxy) is 2. The smallest absolute Gasteiger partial charge is 0.162 e. The first-order chi connectivity index (χ1) is 9.22. The molecule has 0 aliphatic heterocycles. The third-order valence-electron chi connectivity index (χ3n) is 2.50. The van der Waals surface area contributed by atoms with Gasteiger partial charge in [-0.2, -0.15) is 0 Å². The van der Waals surface area contributed by atoms with Crippen LogP contribution in [0.2, 0.25) is 0 Å². The van der Waals surface area contributed by atoms with E-state index in [9.17, 15) is 0 Å². The third-order valence-corrected chi connectivity index (χ3v) is 3.24. The zero-order valence-corrected chi connectivity index (χ0v) is 14.3. The van der Waals surface area contributed by atoms with Gasteiger partial charge in [0.1, 0.15) is 6.61 Å². The number of aliphatic hydroxyl groups excluding tert-OH is 1. The summed E-state index contributed by atoms with van der Waals surface area (Å²) in [5, 5.41) is 12.2. The van der Waals surface area contributed by atoms with E-state index in [2.05, 4.69) is 28.2 Å². The van der Waals surface area contributed by atoms with E-state index in [1.165, 1.54) is 0 Å². The molecule has 1 rings (SSSR count). The van der Waals surface area contributed by atoms with Gasteiger partial charge in [0.25, 0.3) is 0 Å². The van der Waals surface area contributed by atoms with Gasteiger partial charge in [-0.15, -0.1) is 12.4 Å². The highest BCUT2D eigenvalue weighted by atomic mass is 79.9. The molecule has 20 heavy (non-hydrogen) atoms. The molecule has 0 fully saturated rings. The van der Waals surface area contributed by atoms with E-state index in [1.54, 1.807) is 0 Å². The normalized spacial score (nSPS) is 10.0. The van der Waals surface area contributed by atoms with Crippen molar-refractivity contribution in [1.82, 2.24) is 5.32 Å². The van der Waals surface area contributed by atoms with E-state index < -0.39 is 0 Å². The van der Waals surface area contributed by atoms with E-state index >= 15 is 0 Å². The molecule has 0 amide bonds. The Balaban J connectivity index is 0.00000361. The third kappa shape index (κ3) is 6.31. The van der Waals surface area contributed by atoms with Crippen molar-refractivity contribution >= 4 is 28.3 Å². The van der Waals surface area contributed by atoms with Crippen LogP contribution in [0, 0.1) is 0 Å². The molecule has 0 radical (unpaired) electrons. The minimum Gasteiger partial charge on any atom is -0.490 e. The summed E-state index contributed by atoms with van der Waals surface area (Å²) >= 11 is 3.54. The van der Waals surface area contributed by atoms with E-state index in [1.807, 2.05) is 19.1 Å². The van der Waals surface area contributed by atoms with Crippen LogP contribution in [-0.2, 0) is 6.54 Å². The van der Waals surface area contributed by atoms with E-state index in [4.69, 9.17) is 14.6 Å². The maximum Gasteiger partial charge on any atom is 0.162 e. The molecule has 0 unspecified atom stereocenters. The summed E-state index contributed by atoms with van der Waals surface area (Å²) in [4.78, 5) is 0. The highest BCUT2D eigenvalue weighted by Gasteiger charge is 2.10. The van der Waals surface area contributed by atoms with Crippen LogP contribution < -0.4 is 14.8 Å². The molecule has 0 heterocycles. The molecule has 1 aromatic rings. The molecule has 0 bridgehead atoms. The lowest BCUT2D eigenvalue weighted by Crippen LogP contribution is -2.14. The Morgan fingerprint density at radius 1 is 1.20 bits per heavy atom. The van der Waals surface area contributed by atoms with Gasteiger partial charge in [-0.3, -0.25) is 0 Å². The number of hydrogen-bond donors (Lipinski definition) is 2. The number of rotatable bonds is 9. The summed E-state index contributed by atoms with van der Waals surface area (Å²) in [6.07, 6.45) is 1.10. The van der Waals surface area contributed by atoms with Gasteiger partial charge in [0.05, 0.1) is 13.2 Å². The standard InChI is InChI=1S/C14H22BrNO3.ClH/c1-3-5-16-10-11-8-13(18-4-2)14(9-12(11)15)19-7-6-17;/h8-9,16-17H,3-7,10H2,1-2H3;1H. The SMILES string of the molecule is CCCNCc1cc(OCC)c(OCCO)cc1Br.Cl. The van der Waals surface area contributed by atoms with Crippen molar-refractivity contribution in [2.75, 3.05) is 26.4 Å². The zero-order valence-electron chi connectivity index (χ0n) is 11.9. The summed E-state index contributed by atoms with van der Waals surface area (Å²) in [5.74, 6) is 1.37. The summed E-state index contributed by atoms with van der Waals surface area (Å²) in [6, 6.07) is 3.87. The molecular weight excluding hydrogens is 346 g/mol. The number of benzene rings is 1. The summed E-state index contributed by atoms with van der Waals surface area (Å²) in [7, 11) is 0. The van der Waals surface area contributed by atoms with Crippen LogP contribution in [0.3, 0.4) is 0 Å². The highest BCUT2D eigenvalue weighted by molar-refractivity contribution is 9.10. The molecule has 0 aromatic heterocycles. The predicted molar refractivity (Wildman–Crippen MR) is 87.1 cm³/mol. The van der Waals surface area contributed by atoms with Gasteiger partial charge in [0.2, 0.25) is 0 Å². The largest absolute Gasteiger partial charge is 0.490 e. The van der Waals surface area contributed by atoms with Crippen molar-refractivity contribution in [1.29, 1.82) is 0 Å².